The van der Waals surface area contributed by atoms with Crippen molar-refractivity contribution in [1.29, 1.82) is 0 Å². The van der Waals surface area contributed by atoms with Gasteiger partial charge in [-0.05, 0) is 73.4 Å². The molecule has 11 nitrogen and oxygen atoms in total. The van der Waals surface area contributed by atoms with E-state index in [0.717, 1.165) is 45.5 Å². The summed E-state index contributed by atoms with van der Waals surface area (Å²) in [6.45, 7) is 9.96. The van der Waals surface area contributed by atoms with Crippen molar-refractivity contribution >= 4 is 57.0 Å². The maximum absolute atomic E-state index is 12.5. The second-order valence-corrected chi connectivity index (χ2v) is 14.2. The zero-order valence-corrected chi connectivity index (χ0v) is 29.3. The molecular weight excluding hydrogens is 698 g/mol. The number of fused-ring (bicyclic) bond motifs is 1. The van der Waals surface area contributed by atoms with E-state index in [-0.39, 0.29) is 24.1 Å². The Labute approximate surface area is 292 Å². The minimum absolute atomic E-state index is 0.0490. The monoisotopic (exact) mass is 736 g/mol. The van der Waals surface area contributed by atoms with Gasteiger partial charge in [0.25, 0.3) is 5.91 Å². The van der Waals surface area contributed by atoms with Crippen molar-refractivity contribution < 1.29 is 45.9 Å². The predicted octanol–water partition coefficient (Wildman–Crippen LogP) is 4.58. The van der Waals surface area contributed by atoms with E-state index < -0.39 is 33.3 Å². The molecule has 2 amide bonds. The van der Waals surface area contributed by atoms with Gasteiger partial charge in [-0.15, -0.1) is 11.3 Å². The van der Waals surface area contributed by atoms with Crippen LogP contribution in [-0.4, -0.2) is 79.8 Å². The third-order valence-corrected chi connectivity index (χ3v) is 9.33. The Kier molecular flexibility index (Phi) is 14.9. The molecule has 0 radical (unpaired) electrons. The van der Waals surface area contributed by atoms with Crippen LogP contribution in [0.3, 0.4) is 0 Å². The minimum Gasteiger partial charge on any atom is -0.386 e. The molecule has 1 fully saturated rings. The molecule has 50 heavy (non-hydrogen) atoms. The first-order chi connectivity index (χ1) is 23.5. The van der Waals surface area contributed by atoms with Crippen molar-refractivity contribution in [2.75, 3.05) is 25.4 Å². The van der Waals surface area contributed by atoms with E-state index in [0.29, 0.717) is 23.7 Å². The Morgan fingerprint density at radius 3 is 2.08 bits per heavy atom. The Balaban J connectivity index is 0.000000454. The summed E-state index contributed by atoms with van der Waals surface area (Å²) in [4.78, 5) is 47.1. The second-order valence-electron chi connectivity index (χ2n) is 11.4. The highest BCUT2D eigenvalue weighted by molar-refractivity contribution is 7.89. The lowest BCUT2D eigenvalue weighted by Gasteiger charge is -2.44. The number of aryl methyl sites for hydroxylation is 1. The van der Waals surface area contributed by atoms with Crippen LogP contribution in [0.1, 0.15) is 53.2 Å². The molecule has 1 atom stereocenters. The molecule has 1 saturated heterocycles. The van der Waals surface area contributed by atoms with Gasteiger partial charge in [0.2, 0.25) is 15.9 Å². The van der Waals surface area contributed by atoms with Gasteiger partial charge in [-0.1, -0.05) is 37.3 Å². The molecular formula is C34H39F3N4O7S2. The first-order valence-corrected chi connectivity index (χ1v) is 17.5. The Hall–Kier alpha value is -4.51. The summed E-state index contributed by atoms with van der Waals surface area (Å²) in [5.74, 6) is -1.27. The van der Waals surface area contributed by atoms with Crippen molar-refractivity contribution in [2.45, 2.75) is 44.9 Å². The van der Waals surface area contributed by atoms with Crippen molar-refractivity contribution in [1.82, 2.24) is 15.2 Å². The summed E-state index contributed by atoms with van der Waals surface area (Å²) in [5.41, 5.74) is 2.77. The number of amides is 2. The number of primary sulfonamides is 1. The molecule has 5 rings (SSSR count). The van der Waals surface area contributed by atoms with E-state index in [9.17, 15) is 36.3 Å². The number of hydrogen-bond acceptors (Lipinski definition) is 9. The van der Waals surface area contributed by atoms with Crippen molar-refractivity contribution in [2.24, 2.45) is 5.14 Å². The van der Waals surface area contributed by atoms with Crippen LogP contribution in [0.15, 0.2) is 66.7 Å². The van der Waals surface area contributed by atoms with Gasteiger partial charge >= 0.3 is 6.18 Å². The normalized spacial score (nSPS) is 14.0. The number of benzene rings is 3. The van der Waals surface area contributed by atoms with Crippen LogP contribution in [0.5, 0.6) is 0 Å². The van der Waals surface area contributed by atoms with E-state index >= 15 is 0 Å². The molecule has 1 aliphatic rings. The summed E-state index contributed by atoms with van der Waals surface area (Å²) in [5, 5.41) is 18.0. The van der Waals surface area contributed by atoms with Gasteiger partial charge < -0.3 is 24.9 Å². The predicted molar refractivity (Wildman–Crippen MR) is 186 cm³/mol. The van der Waals surface area contributed by atoms with Gasteiger partial charge in [0.15, 0.2) is 0 Å². The third kappa shape index (κ3) is 11.8. The average molecular weight is 737 g/mol. The fraction of sp³-hybridized carbons (Fsp3) is 0.324. The number of nitrogens with zero attached hydrogens (tertiary/aromatic N) is 2. The van der Waals surface area contributed by atoms with Crippen molar-refractivity contribution in [3.05, 3.63) is 88.4 Å². The lowest BCUT2D eigenvalue weighted by atomic mass is 9.95. The molecule has 0 bridgehead atoms. The molecule has 16 heteroatoms. The van der Waals surface area contributed by atoms with Crippen LogP contribution in [-0.2, 0) is 37.0 Å². The lowest BCUT2D eigenvalue weighted by Crippen LogP contribution is -2.61. The molecule has 1 unspecified atom stereocenters. The highest BCUT2D eigenvalue weighted by atomic mass is 32.2. The van der Waals surface area contributed by atoms with Gasteiger partial charge in [-0.25, -0.2) is 18.5 Å². The quantitative estimate of drug-likeness (QED) is 0.236. The number of alkyl halides is 3. The molecule has 3 aromatic carbocycles. The van der Waals surface area contributed by atoms with E-state index in [1.54, 1.807) is 30.9 Å². The molecule has 4 N–H and O–H groups in total. The van der Waals surface area contributed by atoms with E-state index in [2.05, 4.69) is 10.3 Å². The molecule has 0 aliphatic carbocycles. The summed E-state index contributed by atoms with van der Waals surface area (Å²) >= 11 is 1.40. The zero-order chi connectivity index (χ0) is 37.9. The zero-order valence-electron chi connectivity index (χ0n) is 27.7. The molecule has 1 aromatic heterocycles. The topological polar surface area (TPSA) is 177 Å². The fourth-order valence-electron chi connectivity index (χ4n) is 4.73. The summed E-state index contributed by atoms with van der Waals surface area (Å²) in [7, 11) is -3.64. The number of hydrogen-bond donors (Lipinski definition) is 3. The number of likely N-dealkylation sites (tertiary alicyclic amines) is 1. The number of halogens is 3. The number of thiazole rings is 1. The van der Waals surface area contributed by atoms with E-state index in [1.807, 2.05) is 50.8 Å². The van der Waals surface area contributed by atoms with Gasteiger partial charge in [0.05, 0.1) is 46.1 Å². The summed E-state index contributed by atoms with van der Waals surface area (Å²) in [6.07, 6.45) is -3.45. The molecule has 2 heterocycles. The van der Waals surface area contributed by atoms with Crippen LogP contribution in [0.25, 0.3) is 21.3 Å². The maximum Gasteiger partial charge on any atom is 0.416 e. The number of aliphatic hydroxyl groups is 1. The van der Waals surface area contributed by atoms with Crippen molar-refractivity contribution in [3.63, 3.8) is 0 Å². The highest BCUT2D eigenvalue weighted by Gasteiger charge is 2.39. The first-order valence-electron chi connectivity index (χ1n) is 15.0. The van der Waals surface area contributed by atoms with Gasteiger partial charge in [-0.2, -0.15) is 13.2 Å². The largest absolute Gasteiger partial charge is 0.416 e. The minimum atomic E-state index is -4.22. The number of rotatable bonds is 8. The lowest BCUT2D eigenvalue weighted by molar-refractivity contribution is -0.137. The average Bonchev–Trinajstić information content (AvgIpc) is 3.51. The number of carbonyl (C=O) groups excluding carboxylic acids is 4. The number of nitrogens with two attached hydrogens (primary N) is 1. The number of aromatic nitrogens is 1. The molecule has 270 valence electrons. The van der Waals surface area contributed by atoms with Crippen LogP contribution < -0.4 is 10.5 Å². The Bertz CT molecular complexity index is 1840. The Morgan fingerprint density at radius 1 is 1.02 bits per heavy atom. The van der Waals surface area contributed by atoms with Crippen LogP contribution >= 0.6 is 11.3 Å². The first kappa shape index (κ1) is 41.7. The molecule has 0 saturated carbocycles. The number of β-amino-alcohol motifs (C(OH)–C–C–N with tert-alkyl or cyclic N) is 1. The smallest absolute Gasteiger partial charge is 0.386 e. The summed E-state index contributed by atoms with van der Waals surface area (Å²) in [6, 6.07) is 18.4. The van der Waals surface area contributed by atoms with E-state index in [4.69, 9.17) is 14.7 Å². The van der Waals surface area contributed by atoms with Crippen molar-refractivity contribution in [3.8, 4) is 11.1 Å². The van der Waals surface area contributed by atoms with Gasteiger partial charge in [0, 0.05) is 12.1 Å². The van der Waals surface area contributed by atoms with Crippen LogP contribution in [0, 0.1) is 0 Å². The Morgan fingerprint density at radius 2 is 1.58 bits per heavy atom. The molecule has 0 spiro atoms. The SMILES string of the molecule is C=O.C=O.CC(C(=O)NCCS(N)(=O)=O)c1nc2ccc(-c3ccc(C(=O)N4CC(C)(O)C4)cc3)cc2s1.CCc1ccc(C(F)(F)F)cc1. The molecule has 1 aliphatic heterocycles. The van der Waals surface area contributed by atoms with Gasteiger partial charge in [0.1, 0.15) is 18.6 Å². The van der Waals surface area contributed by atoms with Gasteiger partial charge in [-0.3, -0.25) is 9.59 Å². The maximum atomic E-state index is 12.5. The highest BCUT2D eigenvalue weighted by Crippen LogP contribution is 2.32. The standard InChI is InChI=1S/C23H26N4O5S2.C9H9F3.2CH2O/c1-14(20(28)25-9-10-34(24,31)32)21-26-18-8-7-17(11-19(18)33-21)15-3-5-16(6-4-15)22(29)27-12-23(2,30)13-27;1-2-7-3-5-8(6-4-7)9(10,11)12;2*1-2/h3-8,11,14,30H,9-10,12-13H2,1-2H3,(H,25,28)(H2,24,31,32);3-6H,2H2,1H3;2*1H2. The van der Waals surface area contributed by atoms with Crippen LogP contribution in [0.2, 0.25) is 0 Å². The van der Waals surface area contributed by atoms with Crippen LogP contribution in [0.4, 0.5) is 13.2 Å². The number of carbonyl (C=O) groups is 4. The number of sulfonamides is 1. The van der Waals surface area contributed by atoms with E-state index in [1.165, 1.54) is 23.5 Å². The number of nitrogens with one attached hydrogen (secondary N) is 1. The third-order valence-electron chi connectivity index (χ3n) is 7.36. The fourth-order valence-corrected chi connectivity index (χ4v) is 6.17. The summed E-state index contributed by atoms with van der Waals surface area (Å²) < 4.78 is 59.0. The molecule has 4 aromatic rings. The second kappa shape index (κ2) is 17.9.